The maximum atomic E-state index is 13.0. The van der Waals surface area contributed by atoms with Crippen molar-refractivity contribution in [3.8, 4) is 0 Å². The second-order valence-corrected chi connectivity index (χ2v) is 7.15. The molecule has 2 aliphatic rings. The molecule has 1 atom stereocenters. The molecule has 1 aromatic heterocycles. The van der Waals surface area contributed by atoms with Gasteiger partial charge in [-0.1, -0.05) is 12.1 Å². The van der Waals surface area contributed by atoms with Gasteiger partial charge in [0, 0.05) is 26.2 Å². The highest BCUT2D eigenvalue weighted by Gasteiger charge is 2.42. The van der Waals surface area contributed by atoms with Crippen molar-refractivity contribution < 1.29 is 23.6 Å². The molecule has 1 saturated heterocycles. The Kier molecular flexibility index (Phi) is 4.92. The molecular weight excluding hydrogens is 374 g/mol. The van der Waals surface area contributed by atoms with Crippen LogP contribution in [-0.2, 0) is 4.79 Å². The van der Waals surface area contributed by atoms with Crippen LogP contribution in [0.3, 0.4) is 0 Å². The van der Waals surface area contributed by atoms with Crippen LogP contribution >= 0.6 is 0 Å². The quantitative estimate of drug-likeness (QED) is 0.737. The van der Waals surface area contributed by atoms with Crippen molar-refractivity contribution in [2.75, 3.05) is 26.2 Å². The molecule has 8 heteroatoms. The second-order valence-electron chi connectivity index (χ2n) is 7.15. The Morgan fingerprint density at radius 2 is 1.52 bits per heavy atom. The van der Waals surface area contributed by atoms with Crippen LogP contribution in [0.4, 0.5) is 0 Å². The molecule has 8 nitrogen and oxygen atoms in total. The standard InChI is InChI=1S/C21H21N3O5/c1-14(24-19(26)15-6-2-3-7-16(15)20(24)27)18(25)22-9-5-10-23(12-11-22)21(28)17-8-4-13-29-17/h2-4,6-8,13-14H,5,9-12H2,1H3. The lowest BCUT2D eigenvalue weighted by molar-refractivity contribution is -0.134. The van der Waals surface area contributed by atoms with Crippen molar-refractivity contribution in [2.24, 2.45) is 0 Å². The third kappa shape index (κ3) is 3.30. The topological polar surface area (TPSA) is 91.1 Å². The van der Waals surface area contributed by atoms with Crippen LogP contribution < -0.4 is 0 Å². The van der Waals surface area contributed by atoms with Crippen molar-refractivity contribution in [1.29, 1.82) is 0 Å². The summed E-state index contributed by atoms with van der Waals surface area (Å²) in [5, 5.41) is 0. The number of imide groups is 1. The molecule has 0 aliphatic carbocycles. The zero-order chi connectivity index (χ0) is 20.5. The summed E-state index contributed by atoms with van der Waals surface area (Å²) in [5.41, 5.74) is 0.645. The SMILES string of the molecule is CC(C(=O)N1CCCN(C(=O)c2ccco2)CC1)N1C(=O)c2ccccc2C1=O. The summed E-state index contributed by atoms with van der Waals surface area (Å²) >= 11 is 0. The molecule has 0 N–H and O–H groups in total. The van der Waals surface area contributed by atoms with E-state index in [2.05, 4.69) is 0 Å². The van der Waals surface area contributed by atoms with E-state index < -0.39 is 17.9 Å². The van der Waals surface area contributed by atoms with Crippen molar-refractivity contribution in [1.82, 2.24) is 14.7 Å². The molecule has 2 aliphatic heterocycles. The second kappa shape index (κ2) is 7.54. The summed E-state index contributed by atoms with van der Waals surface area (Å²) in [6, 6.07) is 8.94. The van der Waals surface area contributed by atoms with Gasteiger partial charge in [0.15, 0.2) is 5.76 Å². The molecule has 4 rings (SSSR count). The van der Waals surface area contributed by atoms with Crippen LogP contribution in [0.1, 0.15) is 44.6 Å². The third-order valence-electron chi connectivity index (χ3n) is 5.40. The lowest BCUT2D eigenvalue weighted by Crippen LogP contribution is -2.50. The summed E-state index contributed by atoms with van der Waals surface area (Å²) < 4.78 is 5.17. The minimum absolute atomic E-state index is 0.210. The smallest absolute Gasteiger partial charge is 0.289 e. The summed E-state index contributed by atoms with van der Waals surface area (Å²) in [6.45, 7) is 3.22. The van der Waals surface area contributed by atoms with Gasteiger partial charge in [0.05, 0.1) is 17.4 Å². The Morgan fingerprint density at radius 3 is 2.14 bits per heavy atom. The van der Waals surface area contributed by atoms with Crippen molar-refractivity contribution >= 4 is 23.6 Å². The molecule has 1 aromatic carbocycles. The minimum Gasteiger partial charge on any atom is -0.459 e. The van der Waals surface area contributed by atoms with Crippen LogP contribution in [0, 0.1) is 0 Å². The normalized spacial score (nSPS) is 17.9. The molecule has 0 saturated carbocycles. The van der Waals surface area contributed by atoms with E-state index in [0.29, 0.717) is 43.7 Å². The van der Waals surface area contributed by atoms with Gasteiger partial charge in [-0.2, -0.15) is 0 Å². The Hall–Kier alpha value is -3.42. The first-order chi connectivity index (χ1) is 14.0. The Bertz CT molecular complexity index is 933. The first-order valence-corrected chi connectivity index (χ1v) is 9.57. The average molecular weight is 395 g/mol. The Morgan fingerprint density at radius 1 is 0.897 bits per heavy atom. The van der Waals surface area contributed by atoms with E-state index in [0.717, 1.165) is 4.90 Å². The molecule has 3 heterocycles. The van der Waals surface area contributed by atoms with Crippen molar-refractivity contribution in [3.05, 3.63) is 59.5 Å². The van der Waals surface area contributed by atoms with Crippen LogP contribution in [-0.4, -0.2) is 70.5 Å². The Balaban J connectivity index is 1.44. The molecule has 0 spiro atoms. The van der Waals surface area contributed by atoms with Gasteiger partial charge in [-0.3, -0.25) is 24.1 Å². The first kappa shape index (κ1) is 18.9. The fraction of sp³-hybridized carbons (Fsp3) is 0.333. The number of hydrogen-bond acceptors (Lipinski definition) is 5. The zero-order valence-corrected chi connectivity index (χ0v) is 16.0. The van der Waals surface area contributed by atoms with Gasteiger partial charge < -0.3 is 14.2 Å². The van der Waals surface area contributed by atoms with Crippen LogP contribution in [0.15, 0.2) is 47.1 Å². The minimum atomic E-state index is -0.908. The van der Waals surface area contributed by atoms with Crippen LogP contribution in [0.2, 0.25) is 0 Å². The average Bonchev–Trinajstić information content (AvgIpc) is 3.27. The summed E-state index contributed by atoms with van der Waals surface area (Å²) in [4.78, 5) is 55.1. The van der Waals surface area contributed by atoms with Gasteiger partial charge >= 0.3 is 0 Å². The highest BCUT2D eigenvalue weighted by Crippen LogP contribution is 2.25. The van der Waals surface area contributed by atoms with Crippen LogP contribution in [0.25, 0.3) is 0 Å². The van der Waals surface area contributed by atoms with Gasteiger partial charge in [0.1, 0.15) is 6.04 Å². The van der Waals surface area contributed by atoms with E-state index >= 15 is 0 Å². The molecule has 0 bridgehead atoms. The number of hydrogen-bond donors (Lipinski definition) is 0. The molecule has 0 radical (unpaired) electrons. The number of nitrogens with zero attached hydrogens (tertiary/aromatic N) is 3. The van der Waals surface area contributed by atoms with E-state index in [9.17, 15) is 19.2 Å². The number of furan rings is 1. The maximum Gasteiger partial charge on any atom is 0.289 e. The van der Waals surface area contributed by atoms with Crippen molar-refractivity contribution in [2.45, 2.75) is 19.4 Å². The predicted octanol–water partition coefficient (Wildman–Crippen LogP) is 1.64. The lowest BCUT2D eigenvalue weighted by atomic mass is 10.1. The fourth-order valence-electron chi connectivity index (χ4n) is 3.83. The maximum absolute atomic E-state index is 13.0. The van der Waals surface area contributed by atoms with E-state index in [1.165, 1.54) is 6.26 Å². The molecule has 150 valence electrons. The monoisotopic (exact) mass is 395 g/mol. The van der Waals surface area contributed by atoms with Gasteiger partial charge in [0.25, 0.3) is 17.7 Å². The van der Waals surface area contributed by atoms with Gasteiger partial charge in [-0.15, -0.1) is 0 Å². The molecule has 1 fully saturated rings. The number of rotatable bonds is 3. The van der Waals surface area contributed by atoms with Gasteiger partial charge in [0.2, 0.25) is 5.91 Å². The summed E-state index contributed by atoms with van der Waals surface area (Å²) in [7, 11) is 0. The van der Waals surface area contributed by atoms with E-state index in [4.69, 9.17) is 4.42 Å². The number of carbonyl (C=O) groups is 4. The lowest BCUT2D eigenvalue weighted by Gasteiger charge is -2.28. The molecule has 1 unspecified atom stereocenters. The largest absolute Gasteiger partial charge is 0.459 e. The predicted molar refractivity (Wildman–Crippen MR) is 102 cm³/mol. The van der Waals surface area contributed by atoms with Gasteiger partial charge in [-0.05, 0) is 37.6 Å². The van der Waals surface area contributed by atoms with Crippen LogP contribution in [0.5, 0.6) is 0 Å². The van der Waals surface area contributed by atoms with Gasteiger partial charge in [-0.25, -0.2) is 0 Å². The number of carbonyl (C=O) groups excluding carboxylic acids is 4. The highest BCUT2D eigenvalue weighted by atomic mass is 16.3. The first-order valence-electron chi connectivity index (χ1n) is 9.57. The summed E-state index contributed by atoms with van der Waals surface area (Å²) in [5.74, 6) is -1.14. The fourth-order valence-corrected chi connectivity index (χ4v) is 3.83. The zero-order valence-electron chi connectivity index (χ0n) is 16.0. The molecule has 4 amide bonds. The van der Waals surface area contributed by atoms with E-state index in [1.54, 1.807) is 53.1 Å². The number of amides is 4. The number of fused-ring (bicyclic) bond motifs is 1. The third-order valence-corrected chi connectivity index (χ3v) is 5.40. The molecular formula is C21H21N3O5. The van der Waals surface area contributed by atoms with E-state index in [-0.39, 0.29) is 17.6 Å². The molecule has 29 heavy (non-hydrogen) atoms. The number of benzene rings is 1. The van der Waals surface area contributed by atoms with E-state index in [1.807, 2.05) is 0 Å². The summed E-state index contributed by atoms with van der Waals surface area (Å²) in [6.07, 6.45) is 2.05. The highest BCUT2D eigenvalue weighted by molar-refractivity contribution is 6.22. The Labute approximate surface area is 167 Å². The molecule has 2 aromatic rings. The van der Waals surface area contributed by atoms with Crippen molar-refractivity contribution in [3.63, 3.8) is 0 Å².